The molecule has 1 saturated carbocycles. The van der Waals surface area contributed by atoms with E-state index in [-0.39, 0.29) is 23.6 Å². The lowest BCUT2D eigenvalue weighted by Crippen LogP contribution is -2.34. The number of hydrogen-bond donors (Lipinski definition) is 1. The molecule has 1 amide bonds. The first-order chi connectivity index (χ1) is 8.60. The molecule has 2 unspecified atom stereocenters. The molecule has 1 aliphatic rings. The molecule has 1 fully saturated rings. The van der Waals surface area contributed by atoms with Gasteiger partial charge in [-0.05, 0) is 38.3 Å². The van der Waals surface area contributed by atoms with Gasteiger partial charge in [0.05, 0.1) is 11.7 Å². The molecule has 1 aliphatic carbocycles. The molecule has 1 aromatic rings. The lowest BCUT2D eigenvalue weighted by Gasteiger charge is -2.13. The number of carbonyl (C=O) groups is 1. The lowest BCUT2D eigenvalue weighted by molar-refractivity contribution is 0.0911. The number of ether oxygens (including phenoxy) is 1. The van der Waals surface area contributed by atoms with Gasteiger partial charge in [-0.15, -0.1) is 0 Å². The molecule has 1 N–H and O–H groups in total. The van der Waals surface area contributed by atoms with Crippen molar-refractivity contribution in [3.8, 4) is 0 Å². The van der Waals surface area contributed by atoms with E-state index < -0.39 is 5.82 Å². The van der Waals surface area contributed by atoms with Crippen LogP contribution in [0.4, 0.5) is 4.39 Å². The second kappa shape index (κ2) is 5.48. The average molecular weight is 251 g/mol. The van der Waals surface area contributed by atoms with Crippen molar-refractivity contribution in [2.45, 2.75) is 38.3 Å². The molecule has 2 rings (SSSR count). The predicted molar refractivity (Wildman–Crippen MR) is 67.0 cm³/mol. The average Bonchev–Trinajstić information content (AvgIpc) is 2.80. The molecule has 2 atom stereocenters. The Morgan fingerprint density at radius 2 is 2.22 bits per heavy atom. The highest BCUT2D eigenvalue weighted by Crippen LogP contribution is 2.22. The molecule has 98 valence electrons. The number of aryl methyl sites for hydroxylation is 1. The summed E-state index contributed by atoms with van der Waals surface area (Å²) in [6.07, 6.45) is 2.84. The summed E-state index contributed by atoms with van der Waals surface area (Å²) in [5.74, 6) is -0.808. The molecule has 1 aromatic carbocycles. The molecule has 0 aromatic heterocycles. The number of amides is 1. The Morgan fingerprint density at radius 1 is 1.44 bits per heavy atom. The van der Waals surface area contributed by atoms with E-state index in [0.29, 0.717) is 0 Å². The van der Waals surface area contributed by atoms with Crippen LogP contribution in [0.25, 0.3) is 0 Å². The first-order valence-corrected chi connectivity index (χ1v) is 6.20. The summed E-state index contributed by atoms with van der Waals surface area (Å²) in [6, 6.07) is 4.65. The molecule has 3 nitrogen and oxygen atoms in total. The molecular formula is C14H18FNO2. The van der Waals surface area contributed by atoms with Gasteiger partial charge in [0.2, 0.25) is 0 Å². The molecule has 0 aliphatic heterocycles. The van der Waals surface area contributed by atoms with E-state index in [9.17, 15) is 9.18 Å². The third-order valence-electron chi connectivity index (χ3n) is 3.42. The van der Waals surface area contributed by atoms with Crippen molar-refractivity contribution in [1.29, 1.82) is 0 Å². The first-order valence-electron chi connectivity index (χ1n) is 6.20. The van der Waals surface area contributed by atoms with Crippen molar-refractivity contribution >= 4 is 5.91 Å². The Balaban J connectivity index is 2.02. The monoisotopic (exact) mass is 251 g/mol. The summed E-state index contributed by atoms with van der Waals surface area (Å²) in [4.78, 5) is 12.0. The summed E-state index contributed by atoms with van der Waals surface area (Å²) < 4.78 is 18.8. The van der Waals surface area contributed by atoms with Gasteiger partial charge in [0.15, 0.2) is 0 Å². The number of methoxy groups -OCH3 is 1. The van der Waals surface area contributed by atoms with E-state index in [2.05, 4.69) is 5.32 Å². The number of nitrogens with one attached hydrogen (secondary N) is 1. The number of hydrogen-bond acceptors (Lipinski definition) is 2. The van der Waals surface area contributed by atoms with Gasteiger partial charge in [0.1, 0.15) is 5.82 Å². The van der Waals surface area contributed by atoms with E-state index in [1.54, 1.807) is 19.2 Å². The minimum atomic E-state index is -0.473. The zero-order chi connectivity index (χ0) is 13.1. The van der Waals surface area contributed by atoms with Gasteiger partial charge in [-0.1, -0.05) is 11.6 Å². The summed E-state index contributed by atoms with van der Waals surface area (Å²) >= 11 is 0. The first kappa shape index (κ1) is 13.0. The molecular weight excluding hydrogens is 233 g/mol. The SMILES string of the molecule is COC1CCC(NC(=O)c2cc(C)ccc2F)C1. The second-order valence-corrected chi connectivity index (χ2v) is 4.82. The third-order valence-corrected chi connectivity index (χ3v) is 3.42. The van der Waals surface area contributed by atoms with Crippen LogP contribution in [0, 0.1) is 12.7 Å². The Bertz CT molecular complexity index is 447. The molecule has 4 heteroatoms. The van der Waals surface area contributed by atoms with Crippen LogP contribution in [-0.4, -0.2) is 25.2 Å². The van der Waals surface area contributed by atoms with Gasteiger partial charge in [-0.2, -0.15) is 0 Å². The highest BCUT2D eigenvalue weighted by atomic mass is 19.1. The normalized spacial score (nSPS) is 23.1. The number of carbonyl (C=O) groups excluding carboxylic acids is 1. The Kier molecular flexibility index (Phi) is 3.97. The number of rotatable bonds is 3. The zero-order valence-electron chi connectivity index (χ0n) is 10.7. The third kappa shape index (κ3) is 2.88. The Labute approximate surface area is 106 Å². The lowest BCUT2D eigenvalue weighted by atomic mass is 10.1. The number of benzene rings is 1. The van der Waals surface area contributed by atoms with Crippen molar-refractivity contribution in [3.05, 3.63) is 35.1 Å². The van der Waals surface area contributed by atoms with Gasteiger partial charge >= 0.3 is 0 Å². The fraction of sp³-hybridized carbons (Fsp3) is 0.500. The van der Waals surface area contributed by atoms with E-state index in [1.165, 1.54) is 6.07 Å². The van der Waals surface area contributed by atoms with E-state index >= 15 is 0 Å². The zero-order valence-corrected chi connectivity index (χ0v) is 10.7. The second-order valence-electron chi connectivity index (χ2n) is 4.82. The standard InChI is InChI=1S/C14H18FNO2/c1-9-3-6-13(15)12(7-9)14(17)16-10-4-5-11(8-10)18-2/h3,6-7,10-11H,4-5,8H2,1-2H3,(H,16,17). The maximum Gasteiger partial charge on any atom is 0.254 e. The summed E-state index contributed by atoms with van der Waals surface area (Å²) in [5.41, 5.74) is 0.999. The minimum absolute atomic E-state index is 0.0855. The molecule has 0 spiro atoms. The van der Waals surface area contributed by atoms with Gasteiger partial charge < -0.3 is 10.1 Å². The van der Waals surface area contributed by atoms with Crippen LogP contribution in [0.2, 0.25) is 0 Å². The predicted octanol–water partition coefficient (Wildman–Crippen LogP) is 2.43. The summed E-state index contributed by atoms with van der Waals surface area (Å²) in [6.45, 7) is 1.84. The van der Waals surface area contributed by atoms with Gasteiger partial charge in [-0.25, -0.2) is 4.39 Å². The Hall–Kier alpha value is -1.42. The summed E-state index contributed by atoms with van der Waals surface area (Å²) in [5, 5.41) is 2.87. The highest BCUT2D eigenvalue weighted by Gasteiger charge is 2.26. The van der Waals surface area contributed by atoms with Gasteiger partial charge in [0.25, 0.3) is 5.91 Å². The van der Waals surface area contributed by atoms with Gasteiger partial charge in [0, 0.05) is 13.2 Å². The summed E-state index contributed by atoms with van der Waals surface area (Å²) in [7, 11) is 1.68. The maximum absolute atomic E-state index is 13.6. The van der Waals surface area contributed by atoms with Crippen molar-refractivity contribution in [1.82, 2.24) is 5.32 Å². The van der Waals surface area contributed by atoms with Crippen molar-refractivity contribution in [2.75, 3.05) is 7.11 Å². The van der Waals surface area contributed by atoms with Crippen LogP contribution in [-0.2, 0) is 4.74 Å². The Morgan fingerprint density at radius 3 is 2.89 bits per heavy atom. The van der Waals surface area contributed by atoms with Crippen LogP contribution < -0.4 is 5.32 Å². The maximum atomic E-state index is 13.6. The van der Waals surface area contributed by atoms with E-state index in [0.717, 1.165) is 24.8 Å². The van der Waals surface area contributed by atoms with E-state index in [4.69, 9.17) is 4.74 Å². The molecule has 0 saturated heterocycles. The topological polar surface area (TPSA) is 38.3 Å². The fourth-order valence-electron chi connectivity index (χ4n) is 2.36. The fourth-order valence-corrected chi connectivity index (χ4v) is 2.36. The quantitative estimate of drug-likeness (QED) is 0.896. The molecule has 0 radical (unpaired) electrons. The van der Waals surface area contributed by atoms with Crippen LogP contribution in [0.5, 0.6) is 0 Å². The van der Waals surface area contributed by atoms with Crippen molar-refractivity contribution in [2.24, 2.45) is 0 Å². The van der Waals surface area contributed by atoms with Crippen molar-refractivity contribution in [3.63, 3.8) is 0 Å². The van der Waals surface area contributed by atoms with Crippen molar-refractivity contribution < 1.29 is 13.9 Å². The minimum Gasteiger partial charge on any atom is -0.381 e. The molecule has 18 heavy (non-hydrogen) atoms. The highest BCUT2D eigenvalue weighted by molar-refractivity contribution is 5.94. The smallest absolute Gasteiger partial charge is 0.254 e. The van der Waals surface area contributed by atoms with Gasteiger partial charge in [-0.3, -0.25) is 4.79 Å². The van der Waals surface area contributed by atoms with Crippen LogP contribution in [0.1, 0.15) is 35.2 Å². The molecule has 0 bridgehead atoms. The van der Waals surface area contributed by atoms with E-state index in [1.807, 2.05) is 6.92 Å². The largest absolute Gasteiger partial charge is 0.381 e. The van der Waals surface area contributed by atoms with Crippen LogP contribution in [0.15, 0.2) is 18.2 Å². The number of halogens is 1. The van der Waals surface area contributed by atoms with Crippen LogP contribution >= 0.6 is 0 Å². The van der Waals surface area contributed by atoms with Crippen LogP contribution in [0.3, 0.4) is 0 Å². The molecule has 0 heterocycles.